The molecule has 0 aliphatic heterocycles. The van der Waals surface area contributed by atoms with Crippen molar-refractivity contribution in [2.24, 2.45) is 0 Å². The van der Waals surface area contributed by atoms with E-state index < -0.39 is 0 Å². The third-order valence-electron chi connectivity index (χ3n) is 11.6. The maximum Gasteiger partial charge on any atom is 0.164 e. The van der Waals surface area contributed by atoms with Gasteiger partial charge >= 0.3 is 0 Å². The van der Waals surface area contributed by atoms with Crippen LogP contribution in [0.1, 0.15) is 0 Å². The van der Waals surface area contributed by atoms with Gasteiger partial charge in [0.15, 0.2) is 17.5 Å². The van der Waals surface area contributed by atoms with E-state index in [0.29, 0.717) is 17.5 Å². The molecule has 4 heteroatoms. The molecule has 0 bridgehead atoms. The number of hydrogen-bond donors (Lipinski definition) is 0. The standard InChI is InChI=1S/C53H32N4/c1-3-14-33(15-4-1)34-26-28-36(29-27-34)52-54-51(35-16-5-2-6-17-35)55-53(56-52)44-30-31-45(41-22-11-9-20-39(41)44)57-46-25-13-24-43-40-21-10-12-23-42(40)48-38-19-8-7-18-37(38)32-47(57)50(48)49(43)46/h1-32H. The van der Waals surface area contributed by atoms with E-state index in [4.69, 9.17) is 15.0 Å². The summed E-state index contributed by atoms with van der Waals surface area (Å²) in [7, 11) is 0. The van der Waals surface area contributed by atoms with Crippen molar-refractivity contribution < 1.29 is 0 Å². The summed E-state index contributed by atoms with van der Waals surface area (Å²) in [6.07, 6.45) is 0. The Morgan fingerprint density at radius 3 is 1.58 bits per heavy atom. The van der Waals surface area contributed by atoms with Crippen LogP contribution in [0.25, 0.3) is 116 Å². The summed E-state index contributed by atoms with van der Waals surface area (Å²) in [6, 6.07) is 69.0. The molecule has 264 valence electrons. The van der Waals surface area contributed by atoms with Crippen LogP contribution in [0.4, 0.5) is 0 Å². The molecular weight excluding hydrogens is 693 g/mol. The van der Waals surface area contributed by atoms with Gasteiger partial charge in [-0.15, -0.1) is 0 Å². The van der Waals surface area contributed by atoms with Gasteiger partial charge in [-0.3, -0.25) is 0 Å². The molecule has 0 aliphatic carbocycles. The fraction of sp³-hybridized carbons (Fsp3) is 0. The summed E-state index contributed by atoms with van der Waals surface area (Å²) < 4.78 is 2.48. The maximum atomic E-state index is 5.20. The molecule has 4 nitrogen and oxygen atoms in total. The van der Waals surface area contributed by atoms with Gasteiger partial charge in [-0.1, -0.05) is 170 Å². The number of fused-ring (bicyclic) bond motifs is 6. The number of nitrogens with zero attached hydrogens (tertiary/aromatic N) is 4. The average molecular weight is 725 g/mol. The van der Waals surface area contributed by atoms with Gasteiger partial charge in [0.25, 0.3) is 0 Å². The van der Waals surface area contributed by atoms with E-state index in [1.165, 1.54) is 59.7 Å². The lowest BCUT2D eigenvalue weighted by atomic mass is 9.91. The molecule has 0 N–H and O–H groups in total. The van der Waals surface area contributed by atoms with Crippen molar-refractivity contribution in [2.45, 2.75) is 0 Å². The maximum absolute atomic E-state index is 5.20. The van der Waals surface area contributed by atoms with E-state index in [9.17, 15) is 0 Å². The van der Waals surface area contributed by atoms with Gasteiger partial charge in [-0.25, -0.2) is 15.0 Å². The van der Waals surface area contributed by atoms with E-state index >= 15 is 0 Å². The molecule has 57 heavy (non-hydrogen) atoms. The monoisotopic (exact) mass is 724 g/mol. The fourth-order valence-electron chi connectivity index (χ4n) is 9.04. The molecule has 0 saturated carbocycles. The van der Waals surface area contributed by atoms with Crippen molar-refractivity contribution in [3.63, 3.8) is 0 Å². The first-order chi connectivity index (χ1) is 28.3. The van der Waals surface area contributed by atoms with Crippen LogP contribution in [-0.2, 0) is 0 Å². The van der Waals surface area contributed by atoms with Crippen LogP contribution in [0.3, 0.4) is 0 Å². The lowest BCUT2D eigenvalue weighted by Crippen LogP contribution is -2.01. The molecule has 0 saturated heterocycles. The predicted octanol–water partition coefficient (Wildman–Crippen LogP) is 13.7. The number of aromatic nitrogens is 4. The molecule has 0 amide bonds. The third kappa shape index (κ3) is 4.84. The molecular formula is C53H32N4. The zero-order valence-corrected chi connectivity index (χ0v) is 30.8. The van der Waals surface area contributed by atoms with E-state index in [1.54, 1.807) is 0 Å². The van der Waals surface area contributed by atoms with Crippen LogP contribution in [0, 0.1) is 0 Å². The van der Waals surface area contributed by atoms with Crippen molar-refractivity contribution in [2.75, 3.05) is 0 Å². The van der Waals surface area contributed by atoms with Crippen LogP contribution in [0.5, 0.6) is 0 Å². The van der Waals surface area contributed by atoms with Crippen molar-refractivity contribution in [3.05, 3.63) is 194 Å². The van der Waals surface area contributed by atoms with Gasteiger partial charge in [0.2, 0.25) is 0 Å². The van der Waals surface area contributed by atoms with E-state index in [2.05, 4.69) is 174 Å². The summed E-state index contributed by atoms with van der Waals surface area (Å²) in [5, 5.41) is 12.5. The molecule has 12 rings (SSSR count). The third-order valence-corrected chi connectivity index (χ3v) is 11.6. The highest BCUT2D eigenvalue weighted by Gasteiger charge is 2.23. The van der Waals surface area contributed by atoms with Crippen molar-refractivity contribution >= 4 is 64.9 Å². The first-order valence-corrected chi connectivity index (χ1v) is 19.4. The van der Waals surface area contributed by atoms with E-state index in [0.717, 1.165) is 38.7 Å². The molecule has 2 heterocycles. The Morgan fingerprint density at radius 1 is 0.298 bits per heavy atom. The van der Waals surface area contributed by atoms with Crippen LogP contribution < -0.4 is 0 Å². The molecule has 0 unspecified atom stereocenters. The Kier molecular flexibility index (Phi) is 6.89. The zero-order chi connectivity index (χ0) is 37.5. The minimum atomic E-state index is 0.638. The Hall–Kier alpha value is -7.69. The van der Waals surface area contributed by atoms with E-state index in [-0.39, 0.29) is 0 Å². The summed E-state index contributed by atoms with van der Waals surface area (Å²) in [4.78, 5) is 15.4. The topological polar surface area (TPSA) is 43.6 Å². The Balaban J connectivity index is 1.10. The van der Waals surface area contributed by atoms with Crippen molar-refractivity contribution in [3.8, 4) is 51.0 Å². The molecule has 0 atom stereocenters. The quantitative estimate of drug-likeness (QED) is 0.166. The second kappa shape index (κ2) is 12.4. The average Bonchev–Trinajstić information content (AvgIpc) is 3.62. The van der Waals surface area contributed by atoms with Crippen LogP contribution in [-0.4, -0.2) is 19.5 Å². The smallest absolute Gasteiger partial charge is 0.164 e. The molecule has 10 aromatic carbocycles. The normalized spacial score (nSPS) is 11.9. The van der Waals surface area contributed by atoms with Crippen molar-refractivity contribution in [1.82, 2.24) is 19.5 Å². The zero-order valence-electron chi connectivity index (χ0n) is 30.8. The second-order valence-electron chi connectivity index (χ2n) is 14.7. The lowest BCUT2D eigenvalue weighted by molar-refractivity contribution is 1.08. The summed E-state index contributed by atoms with van der Waals surface area (Å²) in [6.45, 7) is 0. The minimum Gasteiger partial charge on any atom is -0.309 e. The molecule has 0 spiro atoms. The van der Waals surface area contributed by atoms with E-state index in [1.807, 2.05) is 24.3 Å². The predicted molar refractivity (Wildman–Crippen MR) is 237 cm³/mol. The SMILES string of the molecule is c1ccc(-c2ccc(-c3nc(-c4ccccc4)nc(-c4ccc(-n5c6cccc7c8ccccc8c8c9ccccc9cc5c8c76)c5ccccc45)n3)cc2)cc1. The fourth-order valence-corrected chi connectivity index (χ4v) is 9.04. The van der Waals surface area contributed by atoms with Gasteiger partial charge in [-0.05, 0) is 67.7 Å². The van der Waals surface area contributed by atoms with Gasteiger partial charge in [0.05, 0.1) is 16.7 Å². The van der Waals surface area contributed by atoms with Crippen LogP contribution in [0.2, 0.25) is 0 Å². The summed E-state index contributed by atoms with van der Waals surface area (Å²) in [5.41, 5.74) is 8.67. The molecule has 0 fully saturated rings. The minimum absolute atomic E-state index is 0.638. The first-order valence-electron chi connectivity index (χ1n) is 19.4. The number of benzene rings is 10. The van der Waals surface area contributed by atoms with Crippen LogP contribution in [0.15, 0.2) is 194 Å². The molecule has 0 aliphatic rings. The molecule has 0 radical (unpaired) electrons. The summed E-state index contributed by atoms with van der Waals surface area (Å²) in [5.74, 6) is 1.92. The second-order valence-corrected chi connectivity index (χ2v) is 14.7. The van der Waals surface area contributed by atoms with Gasteiger partial charge in [0.1, 0.15) is 0 Å². The van der Waals surface area contributed by atoms with Crippen molar-refractivity contribution in [1.29, 1.82) is 0 Å². The first kappa shape index (κ1) is 31.6. The number of hydrogen-bond acceptors (Lipinski definition) is 3. The Labute approximate surface area is 328 Å². The number of rotatable bonds is 5. The van der Waals surface area contributed by atoms with Crippen LogP contribution >= 0.6 is 0 Å². The molecule has 2 aromatic heterocycles. The van der Waals surface area contributed by atoms with Gasteiger partial charge < -0.3 is 4.57 Å². The summed E-state index contributed by atoms with van der Waals surface area (Å²) >= 11 is 0. The highest BCUT2D eigenvalue weighted by atomic mass is 15.0. The molecule has 12 aromatic rings. The largest absolute Gasteiger partial charge is 0.309 e. The Morgan fingerprint density at radius 2 is 0.825 bits per heavy atom. The van der Waals surface area contributed by atoms with Gasteiger partial charge in [0, 0.05) is 38.2 Å². The van der Waals surface area contributed by atoms with Gasteiger partial charge in [-0.2, -0.15) is 0 Å². The highest BCUT2D eigenvalue weighted by molar-refractivity contribution is 6.39. The lowest BCUT2D eigenvalue weighted by Gasteiger charge is -2.15. The Bertz CT molecular complexity index is 3490. The highest BCUT2D eigenvalue weighted by Crippen LogP contribution is 2.47.